The highest BCUT2D eigenvalue weighted by Gasteiger charge is 2.09. The molecular formula is C18H27N3O3. The Morgan fingerprint density at radius 3 is 2.29 bits per heavy atom. The molecule has 0 saturated carbocycles. The van der Waals surface area contributed by atoms with Crippen LogP contribution in [0.25, 0.3) is 0 Å². The topological polar surface area (TPSA) is 97.4 Å². The van der Waals surface area contributed by atoms with Crippen LogP contribution in [0.15, 0.2) is 16.5 Å². The van der Waals surface area contributed by atoms with E-state index in [1.807, 2.05) is 0 Å². The molecule has 24 heavy (non-hydrogen) atoms. The Kier molecular flexibility index (Phi) is 10.1. The van der Waals surface area contributed by atoms with Gasteiger partial charge in [-0.05, 0) is 30.9 Å². The molecular weight excluding hydrogens is 306 g/mol. The first-order chi connectivity index (χ1) is 11.6. The highest BCUT2D eigenvalue weighted by atomic mass is 16.3. The molecule has 0 atom stereocenters. The highest BCUT2D eigenvalue weighted by Crippen LogP contribution is 2.07. The number of unbranched alkanes of at least 4 members (excludes halogenated alkanes) is 5. The van der Waals surface area contributed by atoms with Crippen molar-refractivity contribution in [2.75, 3.05) is 19.6 Å². The van der Waals surface area contributed by atoms with Crippen LogP contribution in [0.4, 0.5) is 0 Å². The average molecular weight is 333 g/mol. The maximum Gasteiger partial charge on any atom is 0.287 e. The van der Waals surface area contributed by atoms with Crippen LogP contribution < -0.4 is 16.4 Å². The first-order valence-electron chi connectivity index (χ1n) is 8.45. The number of nitrogens with one attached hydrogen (secondary N) is 2. The van der Waals surface area contributed by atoms with E-state index in [1.165, 1.54) is 6.92 Å². The molecule has 0 aliphatic heterocycles. The lowest BCUT2D eigenvalue weighted by Gasteiger charge is -2.04. The molecule has 1 aromatic heterocycles. The summed E-state index contributed by atoms with van der Waals surface area (Å²) in [5.41, 5.74) is 5.28. The van der Waals surface area contributed by atoms with E-state index in [-0.39, 0.29) is 24.1 Å². The molecule has 0 spiro atoms. The van der Waals surface area contributed by atoms with Gasteiger partial charge in [0.1, 0.15) is 0 Å². The number of amides is 2. The van der Waals surface area contributed by atoms with Crippen molar-refractivity contribution in [3.8, 4) is 11.8 Å². The summed E-state index contributed by atoms with van der Waals surface area (Å²) < 4.78 is 5.33. The van der Waals surface area contributed by atoms with Gasteiger partial charge in [-0.1, -0.05) is 31.6 Å². The van der Waals surface area contributed by atoms with Crippen molar-refractivity contribution < 1.29 is 14.0 Å². The van der Waals surface area contributed by atoms with E-state index in [0.29, 0.717) is 12.3 Å². The van der Waals surface area contributed by atoms with E-state index in [2.05, 4.69) is 22.5 Å². The Morgan fingerprint density at radius 1 is 1.04 bits per heavy atom. The highest BCUT2D eigenvalue weighted by molar-refractivity contribution is 5.91. The second-order valence-corrected chi connectivity index (χ2v) is 5.53. The zero-order valence-electron chi connectivity index (χ0n) is 14.3. The number of rotatable bonds is 10. The number of carbonyl (C=O) groups is 2. The van der Waals surface area contributed by atoms with Crippen molar-refractivity contribution in [3.63, 3.8) is 0 Å². The molecule has 1 aromatic rings. The van der Waals surface area contributed by atoms with Crippen molar-refractivity contribution >= 4 is 11.8 Å². The molecule has 0 unspecified atom stereocenters. The van der Waals surface area contributed by atoms with Gasteiger partial charge in [0.25, 0.3) is 5.91 Å². The molecule has 1 rings (SSSR count). The van der Waals surface area contributed by atoms with Crippen LogP contribution in [0, 0.1) is 11.8 Å². The summed E-state index contributed by atoms with van der Waals surface area (Å²) in [4.78, 5) is 22.6. The molecule has 132 valence electrons. The van der Waals surface area contributed by atoms with Crippen molar-refractivity contribution in [2.45, 2.75) is 45.4 Å². The fraction of sp³-hybridized carbons (Fsp3) is 0.556. The summed E-state index contributed by atoms with van der Waals surface area (Å²) in [6, 6.07) is 3.28. The summed E-state index contributed by atoms with van der Waals surface area (Å²) in [6.45, 7) is 3.18. The first-order valence-corrected chi connectivity index (χ1v) is 8.45. The normalized spacial score (nSPS) is 9.92. The molecule has 6 nitrogen and oxygen atoms in total. The van der Waals surface area contributed by atoms with Crippen molar-refractivity contribution in [1.29, 1.82) is 0 Å². The fourth-order valence-electron chi connectivity index (χ4n) is 2.18. The third-order valence-electron chi connectivity index (χ3n) is 3.41. The Balaban J connectivity index is 2.03. The van der Waals surface area contributed by atoms with Crippen LogP contribution in [0.2, 0.25) is 0 Å². The molecule has 1 heterocycles. The van der Waals surface area contributed by atoms with Crippen molar-refractivity contribution in [2.24, 2.45) is 5.73 Å². The largest absolute Gasteiger partial charge is 0.443 e. The molecule has 4 N–H and O–H groups in total. The monoisotopic (exact) mass is 333 g/mol. The molecule has 0 bridgehead atoms. The van der Waals surface area contributed by atoms with E-state index in [0.717, 1.165) is 45.1 Å². The molecule has 2 amide bonds. The third kappa shape index (κ3) is 9.01. The predicted octanol–water partition coefficient (Wildman–Crippen LogP) is 1.80. The third-order valence-corrected chi connectivity index (χ3v) is 3.41. The second-order valence-electron chi connectivity index (χ2n) is 5.53. The molecule has 0 aliphatic rings. The zero-order chi connectivity index (χ0) is 17.6. The number of nitrogens with two attached hydrogens (primary N) is 1. The van der Waals surface area contributed by atoms with Gasteiger partial charge in [0.05, 0.1) is 6.54 Å². The Labute approximate surface area is 143 Å². The van der Waals surface area contributed by atoms with Gasteiger partial charge < -0.3 is 20.8 Å². The minimum Gasteiger partial charge on any atom is -0.443 e. The van der Waals surface area contributed by atoms with Gasteiger partial charge in [0.2, 0.25) is 5.91 Å². The zero-order valence-corrected chi connectivity index (χ0v) is 14.3. The van der Waals surface area contributed by atoms with Crippen LogP contribution in [-0.2, 0) is 4.79 Å². The van der Waals surface area contributed by atoms with Gasteiger partial charge in [-0.3, -0.25) is 9.59 Å². The summed E-state index contributed by atoms with van der Waals surface area (Å²) in [7, 11) is 0. The van der Waals surface area contributed by atoms with Crippen LogP contribution in [-0.4, -0.2) is 31.4 Å². The van der Waals surface area contributed by atoms with E-state index in [1.54, 1.807) is 12.1 Å². The maximum absolute atomic E-state index is 11.9. The van der Waals surface area contributed by atoms with Gasteiger partial charge in [-0.25, -0.2) is 0 Å². The number of hydrogen-bond donors (Lipinski definition) is 3. The van der Waals surface area contributed by atoms with Crippen molar-refractivity contribution in [3.05, 3.63) is 23.7 Å². The van der Waals surface area contributed by atoms with Crippen molar-refractivity contribution in [1.82, 2.24) is 10.6 Å². The predicted molar refractivity (Wildman–Crippen MR) is 93.4 cm³/mol. The summed E-state index contributed by atoms with van der Waals surface area (Å²) >= 11 is 0. The molecule has 6 heteroatoms. The quantitative estimate of drug-likeness (QED) is 0.449. The molecule has 0 radical (unpaired) electrons. The Hall–Kier alpha value is -2.26. The van der Waals surface area contributed by atoms with Gasteiger partial charge in [-0.2, -0.15) is 0 Å². The van der Waals surface area contributed by atoms with Gasteiger partial charge in [-0.15, -0.1) is 0 Å². The summed E-state index contributed by atoms with van der Waals surface area (Å²) in [5, 5.41) is 5.63. The maximum atomic E-state index is 11.9. The minimum atomic E-state index is -0.217. The lowest BCUT2D eigenvalue weighted by atomic mass is 10.1. The van der Waals surface area contributed by atoms with Crippen LogP contribution >= 0.6 is 0 Å². The van der Waals surface area contributed by atoms with Crippen LogP contribution in [0.3, 0.4) is 0 Å². The van der Waals surface area contributed by atoms with E-state index < -0.39 is 0 Å². The van der Waals surface area contributed by atoms with Gasteiger partial charge in [0.15, 0.2) is 11.5 Å². The molecule has 0 aromatic carbocycles. The van der Waals surface area contributed by atoms with Gasteiger partial charge in [0, 0.05) is 20.0 Å². The van der Waals surface area contributed by atoms with Crippen LogP contribution in [0.1, 0.15) is 61.8 Å². The minimum absolute atomic E-state index is 0.0286. The molecule has 0 fully saturated rings. The number of furan rings is 1. The van der Waals surface area contributed by atoms with E-state index in [9.17, 15) is 9.59 Å². The number of hydrogen-bond acceptors (Lipinski definition) is 4. The second kappa shape index (κ2) is 12.2. The van der Waals surface area contributed by atoms with E-state index in [4.69, 9.17) is 10.2 Å². The summed E-state index contributed by atoms with van der Waals surface area (Å²) in [6.07, 6.45) is 6.43. The number of carbonyl (C=O) groups excluding carboxylic acids is 2. The molecule has 0 aliphatic carbocycles. The average Bonchev–Trinajstić information content (AvgIpc) is 3.03. The first kappa shape index (κ1) is 19.8. The van der Waals surface area contributed by atoms with Crippen LogP contribution in [0.5, 0.6) is 0 Å². The summed E-state index contributed by atoms with van der Waals surface area (Å²) in [5.74, 6) is 5.96. The Bertz CT molecular complexity index is 570. The lowest BCUT2D eigenvalue weighted by molar-refractivity contribution is -0.118. The van der Waals surface area contributed by atoms with E-state index >= 15 is 0 Å². The molecule has 0 saturated heterocycles. The lowest BCUT2D eigenvalue weighted by Crippen LogP contribution is -2.23. The smallest absolute Gasteiger partial charge is 0.287 e. The fourth-order valence-corrected chi connectivity index (χ4v) is 2.18. The SMILES string of the molecule is CC(=O)NCCCCCCCCNC(=O)c1ccc(C#CCN)o1. The van der Waals surface area contributed by atoms with Gasteiger partial charge >= 0.3 is 0 Å². The Morgan fingerprint density at radius 2 is 1.67 bits per heavy atom. The standard InChI is InChI=1S/C18H27N3O3/c1-15(22)20-13-6-4-2-3-5-7-14-21-18(23)17-11-10-16(24-17)9-8-12-19/h10-11H,2-7,12-14,19H2,1H3,(H,20,22)(H,21,23).